The predicted molar refractivity (Wildman–Crippen MR) is 56.8 cm³/mol. The second-order valence-electron chi connectivity index (χ2n) is 5.04. The number of nitrogens with one attached hydrogen (secondary N) is 1. The lowest BCUT2D eigenvalue weighted by atomic mass is 9.86. The molecule has 0 amide bonds. The fourth-order valence-corrected chi connectivity index (χ4v) is 2.79. The van der Waals surface area contributed by atoms with Crippen molar-refractivity contribution in [3.05, 3.63) is 0 Å². The van der Waals surface area contributed by atoms with Crippen molar-refractivity contribution in [2.24, 2.45) is 5.92 Å². The molecule has 1 unspecified atom stereocenters. The van der Waals surface area contributed by atoms with E-state index in [1.54, 1.807) is 0 Å². The third kappa shape index (κ3) is 2.46. The van der Waals surface area contributed by atoms with Crippen LogP contribution in [0.5, 0.6) is 0 Å². The molecule has 0 aromatic rings. The van der Waals surface area contributed by atoms with Crippen LogP contribution in [0.1, 0.15) is 58.3 Å². The molecule has 13 heavy (non-hydrogen) atoms. The predicted octanol–water partition coefficient (Wildman–Crippen LogP) is 3.10. The third-order valence-electron chi connectivity index (χ3n) is 3.79. The molecule has 76 valence electrons. The molecule has 0 bridgehead atoms. The zero-order chi connectivity index (χ0) is 9.15. The first-order chi connectivity index (χ1) is 6.35. The molecule has 0 aromatic heterocycles. The average Bonchev–Trinajstić information content (AvgIpc) is 2.85. The van der Waals surface area contributed by atoms with Gasteiger partial charge in [0.15, 0.2) is 0 Å². The highest BCUT2D eigenvalue weighted by atomic mass is 15.0. The Morgan fingerprint density at radius 2 is 2.15 bits per heavy atom. The van der Waals surface area contributed by atoms with Crippen molar-refractivity contribution in [3.8, 4) is 0 Å². The smallest absolute Gasteiger partial charge is 0.0182 e. The van der Waals surface area contributed by atoms with E-state index < -0.39 is 0 Å². The van der Waals surface area contributed by atoms with Crippen molar-refractivity contribution in [3.63, 3.8) is 0 Å². The van der Waals surface area contributed by atoms with E-state index in [9.17, 15) is 0 Å². The topological polar surface area (TPSA) is 12.0 Å². The van der Waals surface area contributed by atoms with E-state index in [1.807, 2.05) is 0 Å². The largest absolute Gasteiger partial charge is 0.311 e. The fraction of sp³-hybridized carbons (Fsp3) is 1.00. The molecule has 1 saturated heterocycles. The number of hydrogen-bond acceptors (Lipinski definition) is 1. The van der Waals surface area contributed by atoms with E-state index in [4.69, 9.17) is 0 Å². The molecule has 1 heterocycles. The molecule has 1 heteroatoms. The second kappa shape index (κ2) is 4.00. The summed E-state index contributed by atoms with van der Waals surface area (Å²) in [6.07, 6.45) is 11.6. The lowest BCUT2D eigenvalue weighted by Crippen LogP contribution is -2.39. The SMILES string of the molecule is CCCC1(CCC2CC2)CCCN1. The Kier molecular flexibility index (Phi) is 2.92. The Bertz CT molecular complexity index is 155. The molecule has 2 rings (SSSR count). The quantitative estimate of drug-likeness (QED) is 0.687. The lowest BCUT2D eigenvalue weighted by molar-refractivity contribution is 0.306. The van der Waals surface area contributed by atoms with Crippen LogP contribution in [0.25, 0.3) is 0 Å². The Morgan fingerprint density at radius 1 is 1.31 bits per heavy atom. The van der Waals surface area contributed by atoms with Crippen LogP contribution in [0.4, 0.5) is 0 Å². The molecule has 1 atom stereocenters. The summed E-state index contributed by atoms with van der Waals surface area (Å²) in [6, 6.07) is 0. The van der Waals surface area contributed by atoms with Gasteiger partial charge in [-0.3, -0.25) is 0 Å². The van der Waals surface area contributed by atoms with E-state index in [0.29, 0.717) is 5.54 Å². The van der Waals surface area contributed by atoms with Gasteiger partial charge >= 0.3 is 0 Å². The monoisotopic (exact) mass is 181 g/mol. The Labute approximate surface area is 82.3 Å². The maximum Gasteiger partial charge on any atom is 0.0182 e. The molecule has 2 fully saturated rings. The van der Waals surface area contributed by atoms with Crippen LogP contribution in [-0.2, 0) is 0 Å². The third-order valence-corrected chi connectivity index (χ3v) is 3.79. The van der Waals surface area contributed by atoms with Gasteiger partial charge in [0.25, 0.3) is 0 Å². The molecule has 1 aliphatic carbocycles. The molecule has 0 radical (unpaired) electrons. The van der Waals surface area contributed by atoms with Gasteiger partial charge in [0.1, 0.15) is 0 Å². The van der Waals surface area contributed by atoms with E-state index in [-0.39, 0.29) is 0 Å². The normalized spacial score (nSPS) is 33.9. The molecule has 1 aliphatic heterocycles. The zero-order valence-electron chi connectivity index (χ0n) is 8.94. The van der Waals surface area contributed by atoms with Crippen LogP contribution < -0.4 is 5.32 Å². The van der Waals surface area contributed by atoms with Gasteiger partial charge in [0.2, 0.25) is 0 Å². The van der Waals surface area contributed by atoms with Gasteiger partial charge in [0.05, 0.1) is 0 Å². The van der Waals surface area contributed by atoms with Crippen molar-refractivity contribution < 1.29 is 0 Å². The molecule has 0 spiro atoms. The van der Waals surface area contributed by atoms with E-state index in [1.165, 1.54) is 57.9 Å². The average molecular weight is 181 g/mol. The lowest BCUT2D eigenvalue weighted by Gasteiger charge is -2.29. The molecular weight excluding hydrogens is 158 g/mol. The summed E-state index contributed by atoms with van der Waals surface area (Å²) < 4.78 is 0. The van der Waals surface area contributed by atoms with E-state index in [0.717, 1.165) is 5.92 Å². The van der Waals surface area contributed by atoms with E-state index in [2.05, 4.69) is 12.2 Å². The van der Waals surface area contributed by atoms with Gasteiger partial charge in [0, 0.05) is 5.54 Å². The molecule has 1 saturated carbocycles. The minimum Gasteiger partial charge on any atom is -0.311 e. The Balaban J connectivity index is 1.79. The summed E-state index contributed by atoms with van der Waals surface area (Å²) in [7, 11) is 0. The highest BCUT2D eigenvalue weighted by Gasteiger charge is 2.34. The summed E-state index contributed by atoms with van der Waals surface area (Å²) in [6.45, 7) is 3.59. The summed E-state index contributed by atoms with van der Waals surface area (Å²) in [5.41, 5.74) is 0.567. The van der Waals surface area contributed by atoms with Gasteiger partial charge in [-0.1, -0.05) is 26.2 Å². The van der Waals surface area contributed by atoms with Crippen LogP contribution in [0.2, 0.25) is 0 Å². The van der Waals surface area contributed by atoms with Gasteiger partial charge in [-0.15, -0.1) is 0 Å². The van der Waals surface area contributed by atoms with Crippen molar-refractivity contribution in [1.82, 2.24) is 5.32 Å². The van der Waals surface area contributed by atoms with Gasteiger partial charge < -0.3 is 5.32 Å². The first-order valence-electron chi connectivity index (χ1n) is 6.10. The molecule has 1 nitrogen and oxygen atoms in total. The highest BCUT2D eigenvalue weighted by Crippen LogP contribution is 2.38. The van der Waals surface area contributed by atoms with Crippen LogP contribution in [0, 0.1) is 5.92 Å². The van der Waals surface area contributed by atoms with Crippen molar-refractivity contribution in [2.75, 3.05) is 6.54 Å². The first-order valence-corrected chi connectivity index (χ1v) is 6.10. The maximum atomic E-state index is 3.75. The summed E-state index contributed by atoms with van der Waals surface area (Å²) in [5, 5.41) is 3.75. The van der Waals surface area contributed by atoms with Crippen LogP contribution >= 0.6 is 0 Å². The highest BCUT2D eigenvalue weighted by molar-refractivity contribution is 4.93. The standard InChI is InChI=1S/C12H23N/c1-2-7-12(8-3-10-13-12)9-6-11-4-5-11/h11,13H,2-10H2,1H3. The van der Waals surface area contributed by atoms with Crippen LogP contribution in [-0.4, -0.2) is 12.1 Å². The number of rotatable bonds is 5. The van der Waals surface area contributed by atoms with Gasteiger partial charge in [-0.2, -0.15) is 0 Å². The zero-order valence-corrected chi connectivity index (χ0v) is 8.94. The summed E-state index contributed by atoms with van der Waals surface area (Å²) in [4.78, 5) is 0. The maximum absolute atomic E-state index is 3.75. The second-order valence-corrected chi connectivity index (χ2v) is 5.04. The van der Waals surface area contributed by atoms with E-state index >= 15 is 0 Å². The first kappa shape index (κ1) is 9.51. The minimum absolute atomic E-state index is 0.567. The summed E-state index contributed by atoms with van der Waals surface area (Å²) >= 11 is 0. The minimum atomic E-state index is 0.567. The van der Waals surface area contributed by atoms with Crippen molar-refractivity contribution in [2.45, 2.75) is 63.8 Å². The summed E-state index contributed by atoms with van der Waals surface area (Å²) in [5.74, 6) is 1.11. The number of hydrogen-bond donors (Lipinski definition) is 1. The van der Waals surface area contributed by atoms with Crippen LogP contribution in [0.15, 0.2) is 0 Å². The van der Waals surface area contributed by atoms with Crippen molar-refractivity contribution in [1.29, 1.82) is 0 Å². The van der Waals surface area contributed by atoms with Crippen molar-refractivity contribution >= 4 is 0 Å². The molecule has 0 aromatic carbocycles. The Hall–Kier alpha value is -0.0400. The van der Waals surface area contributed by atoms with Gasteiger partial charge in [-0.05, 0) is 44.6 Å². The van der Waals surface area contributed by atoms with Gasteiger partial charge in [-0.25, -0.2) is 0 Å². The van der Waals surface area contributed by atoms with Crippen LogP contribution in [0.3, 0.4) is 0 Å². The Morgan fingerprint density at radius 3 is 2.69 bits per heavy atom. The molecular formula is C12H23N. The molecule has 1 N–H and O–H groups in total. The fourth-order valence-electron chi connectivity index (χ4n) is 2.79. The molecule has 2 aliphatic rings.